The number of benzene rings is 3. The van der Waals surface area contributed by atoms with E-state index in [1.54, 1.807) is 25.1 Å². The number of halogens is 3. The Bertz CT molecular complexity index is 1690. The zero-order chi connectivity index (χ0) is 32.0. The molecule has 3 aromatic carbocycles. The lowest BCUT2D eigenvalue weighted by molar-refractivity contribution is -0.274. The number of hydrogen-bond donors (Lipinski definition) is 0. The van der Waals surface area contributed by atoms with E-state index in [2.05, 4.69) is 49.6 Å². The number of rotatable bonds is 8. The molecule has 234 valence electrons. The Hall–Kier alpha value is -4.65. The highest BCUT2D eigenvalue weighted by Gasteiger charge is 2.31. The van der Waals surface area contributed by atoms with E-state index in [1.807, 2.05) is 36.4 Å². The van der Waals surface area contributed by atoms with Crippen LogP contribution in [0.15, 0.2) is 83.0 Å². The van der Waals surface area contributed by atoms with E-state index in [0.29, 0.717) is 23.1 Å². The summed E-state index contributed by atoms with van der Waals surface area (Å²) < 4.78 is 48.1. The second-order valence-corrected chi connectivity index (χ2v) is 11.4. The van der Waals surface area contributed by atoms with Crippen LogP contribution in [0, 0.1) is 0 Å². The SMILES string of the molecule is COc1ccc(C(C)C)c(N2CCCSC2=NC(=O)N=CCc2ccc(-c3ncn(-c4ccc(OC(F)(F)F)cc4)n3)cc2)c1. The molecule has 1 aromatic heterocycles. The molecule has 0 bridgehead atoms. The van der Waals surface area contributed by atoms with Gasteiger partial charge in [0.1, 0.15) is 17.8 Å². The van der Waals surface area contributed by atoms with Crippen LogP contribution in [0.5, 0.6) is 11.5 Å². The summed E-state index contributed by atoms with van der Waals surface area (Å²) in [5.41, 5.74) is 4.35. The van der Waals surface area contributed by atoms with E-state index >= 15 is 0 Å². The predicted molar refractivity (Wildman–Crippen MR) is 170 cm³/mol. The van der Waals surface area contributed by atoms with Crippen molar-refractivity contribution in [3.63, 3.8) is 0 Å². The summed E-state index contributed by atoms with van der Waals surface area (Å²) in [7, 11) is 1.64. The number of alkyl halides is 3. The minimum atomic E-state index is -4.75. The van der Waals surface area contributed by atoms with E-state index in [4.69, 9.17) is 4.74 Å². The molecule has 13 heteroatoms. The van der Waals surface area contributed by atoms with Crippen LogP contribution < -0.4 is 14.4 Å². The van der Waals surface area contributed by atoms with E-state index in [1.165, 1.54) is 35.3 Å². The molecule has 0 atom stereocenters. The van der Waals surface area contributed by atoms with Crippen LogP contribution in [-0.2, 0) is 6.42 Å². The molecule has 4 aromatic rings. The Morgan fingerprint density at radius 1 is 1.07 bits per heavy atom. The first-order valence-electron chi connectivity index (χ1n) is 14.2. The largest absolute Gasteiger partial charge is 0.573 e. The number of hydrogen-bond acceptors (Lipinski definition) is 6. The van der Waals surface area contributed by atoms with Crippen molar-refractivity contribution in [1.29, 1.82) is 0 Å². The van der Waals surface area contributed by atoms with E-state index in [9.17, 15) is 18.0 Å². The number of amidine groups is 1. The topological polar surface area (TPSA) is 94.2 Å². The van der Waals surface area contributed by atoms with Crippen molar-refractivity contribution < 1.29 is 27.4 Å². The summed E-state index contributed by atoms with van der Waals surface area (Å²) in [6.45, 7) is 5.01. The van der Waals surface area contributed by atoms with E-state index in [0.717, 1.165) is 46.8 Å². The molecule has 5 rings (SSSR count). The zero-order valence-electron chi connectivity index (χ0n) is 24.9. The van der Waals surface area contributed by atoms with Crippen molar-refractivity contribution in [2.75, 3.05) is 24.3 Å². The van der Waals surface area contributed by atoms with Crippen LogP contribution in [0.1, 0.15) is 37.3 Å². The summed E-state index contributed by atoms with van der Waals surface area (Å²) in [6, 6.07) is 18.2. The number of aliphatic imine (C=N–C) groups is 2. The number of thioether (sulfide) groups is 1. The Labute approximate surface area is 262 Å². The molecular weight excluding hydrogens is 605 g/mol. The summed E-state index contributed by atoms with van der Waals surface area (Å²) in [4.78, 5) is 27.5. The van der Waals surface area contributed by atoms with Gasteiger partial charge in [-0.05, 0) is 53.8 Å². The van der Waals surface area contributed by atoms with Gasteiger partial charge in [-0.25, -0.2) is 19.5 Å². The Balaban J connectivity index is 1.21. The first-order valence-corrected chi connectivity index (χ1v) is 15.2. The maximum atomic E-state index is 12.7. The van der Waals surface area contributed by atoms with Crippen molar-refractivity contribution in [2.45, 2.75) is 39.0 Å². The van der Waals surface area contributed by atoms with Gasteiger partial charge in [0, 0.05) is 42.3 Å². The molecule has 2 amide bonds. The number of carbonyl (C=O) groups excluding carboxylic acids is 1. The summed E-state index contributed by atoms with van der Waals surface area (Å²) in [5, 5.41) is 5.05. The molecule has 1 aliphatic heterocycles. The number of urea groups is 1. The fraction of sp³-hybridized carbons (Fsp3) is 0.281. The molecule has 0 radical (unpaired) electrons. The van der Waals surface area contributed by atoms with E-state index in [-0.39, 0.29) is 11.7 Å². The normalized spacial score (nSPS) is 14.8. The van der Waals surface area contributed by atoms with E-state index < -0.39 is 12.4 Å². The maximum absolute atomic E-state index is 12.7. The minimum absolute atomic E-state index is 0.285. The highest BCUT2D eigenvalue weighted by atomic mass is 32.2. The lowest BCUT2D eigenvalue weighted by Crippen LogP contribution is -2.35. The summed E-state index contributed by atoms with van der Waals surface area (Å²) in [6.07, 6.45) is -0.337. The van der Waals surface area contributed by atoms with Gasteiger partial charge in [0.25, 0.3) is 0 Å². The number of methoxy groups -OCH3 is 1. The molecule has 0 N–H and O–H groups in total. The second-order valence-electron chi connectivity index (χ2n) is 10.4. The zero-order valence-corrected chi connectivity index (χ0v) is 25.7. The number of ether oxygens (including phenoxy) is 2. The molecule has 9 nitrogen and oxygen atoms in total. The van der Waals surface area contributed by atoms with Crippen molar-refractivity contribution in [3.05, 3.63) is 84.2 Å². The second kappa shape index (κ2) is 14.0. The minimum Gasteiger partial charge on any atom is -0.497 e. The number of carbonyl (C=O) groups is 1. The molecule has 0 spiro atoms. The fourth-order valence-electron chi connectivity index (χ4n) is 4.70. The van der Waals surface area contributed by atoms with Gasteiger partial charge in [-0.1, -0.05) is 55.9 Å². The Kier molecular flexibility index (Phi) is 9.87. The fourth-order valence-corrected chi connectivity index (χ4v) is 5.64. The third kappa shape index (κ3) is 8.29. The summed E-state index contributed by atoms with van der Waals surface area (Å²) >= 11 is 1.54. The molecule has 0 aliphatic carbocycles. The summed E-state index contributed by atoms with van der Waals surface area (Å²) in [5.74, 6) is 2.03. The van der Waals surface area contributed by atoms with Crippen LogP contribution in [-0.4, -0.2) is 57.9 Å². The van der Waals surface area contributed by atoms with Crippen molar-refractivity contribution in [1.82, 2.24) is 14.8 Å². The lowest BCUT2D eigenvalue weighted by Gasteiger charge is -2.32. The third-order valence-corrected chi connectivity index (χ3v) is 7.96. The Morgan fingerprint density at radius 2 is 1.80 bits per heavy atom. The molecule has 1 fully saturated rings. The molecule has 2 heterocycles. The molecule has 1 saturated heterocycles. The van der Waals surface area contributed by atoms with Gasteiger partial charge in [-0.2, -0.15) is 4.99 Å². The first kappa shape index (κ1) is 31.8. The van der Waals surface area contributed by atoms with Gasteiger partial charge in [0.05, 0.1) is 12.8 Å². The van der Waals surface area contributed by atoms with Gasteiger partial charge < -0.3 is 14.4 Å². The van der Waals surface area contributed by atoms with Crippen molar-refractivity contribution in [3.8, 4) is 28.6 Å². The highest BCUT2D eigenvalue weighted by Crippen LogP contribution is 2.35. The highest BCUT2D eigenvalue weighted by molar-refractivity contribution is 8.14. The van der Waals surface area contributed by atoms with Crippen LogP contribution in [0.3, 0.4) is 0 Å². The average molecular weight is 637 g/mol. The Morgan fingerprint density at radius 3 is 2.49 bits per heavy atom. The lowest BCUT2D eigenvalue weighted by atomic mass is 10.00. The van der Waals surface area contributed by atoms with Gasteiger partial charge in [-0.3, -0.25) is 0 Å². The standard InChI is InChI=1S/C32H31F3N6O3S/c1-21(2)27-14-13-26(43-3)19-28(27)40-17-4-18-45-31(40)38-30(42)36-16-15-22-5-7-23(8-6-22)29-37-20-41(39-29)24-9-11-25(12-10-24)44-32(33,34)35/h5-14,16,19-21H,4,15,17-18H2,1-3H3. The van der Waals surface area contributed by atoms with Gasteiger partial charge in [0.15, 0.2) is 11.0 Å². The number of anilines is 1. The number of aromatic nitrogens is 3. The molecule has 45 heavy (non-hydrogen) atoms. The maximum Gasteiger partial charge on any atom is 0.573 e. The van der Waals surface area contributed by atoms with Gasteiger partial charge in [0.2, 0.25) is 0 Å². The average Bonchev–Trinajstić information content (AvgIpc) is 3.51. The molecular formula is C32H31F3N6O3S. The molecule has 1 aliphatic rings. The number of amides is 2. The third-order valence-electron chi connectivity index (χ3n) is 6.90. The molecule has 0 saturated carbocycles. The first-order chi connectivity index (χ1) is 21.6. The smallest absolute Gasteiger partial charge is 0.497 e. The number of nitrogens with zero attached hydrogens (tertiary/aromatic N) is 6. The van der Waals surface area contributed by atoms with Crippen molar-refractivity contribution in [2.24, 2.45) is 9.98 Å². The van der Waals surface area contributed by atoms with Crippen LogP contribution >= 0.6 is 11.8 Å². The van der Waals surface area contributed by atoms with Crippen molar-refractivity contribution >= 4 is 34.9 Å². The van der Waals surface area contributed by atoms with Crippen LogP contribution in [0.25, 0.3) is 17.1 Å². The predicted octanol–water partition coefficient (Wildman–Crippen LogP) is 7.70. The van der Waals surface area contributed by atoms with Gasteiger partial charge >= 0.3 is 12.4 Å². The molecule has 0 unspecified atom stereocenters. The van der Waals surface area contributed by atoms with Crippen LogP contribution in [0.2, 0.25) is 0 Å². The quantitative estimate of drug-likeness (QED) is 0.183. The monoisotopic (exact) mass is 636 g/mol. The van der Waals surface area contributed by atoms with Crippen LogP contribution in [0.4, 0.5) is 23.7 Å². The van der Waals surface area contributed by atoms with Gasteiger partial charge in [-0.15, -0.1) is 18.3 Å².